The van der Waals surface area contributed by atoms with Crippen LogP contribution in [0.4, 0.5) is 4.39 Å². The maximum atomic E-state index is 13.8. The van der Waals surface area contributed by atoms with E-state index in [1.807, 2.05) is 0 Å². The Hall–Kier alpha value is -1.66. The summed E-state index contributed by atoms with van der Waals surface area (Å²) < 4.78 is 19.5. The number of carboxylic acid groups (broad SMARTS) is 1. The Morgan fingerprint density at radius 3 is 2.64 bits per heavy atom. The number of halogens is 3. The number of nitrogens with zero attached hydrogens (tertiary/aromatic N) is 1. The minimum atomic E-state index is -0.947. The molecule has 0 spiro atoms. The highest BCUT2D eigenvalue weighted by atomic mass is 35.5. The first kappa shape index (κ1) is 18.1. The Morgan fingerprint density at radius 2 is 1.96 bits per heavy atom. The van der Waals surface area contributed by atoms with E-state index in [9.17, 15) is 9.18 Å². The fraction of sp³-hybridized carbons (Fsp3) is 0.278. The van der Waals surface area contributed by atoms with Gasteiger partial charge in [0.05, 0.1) is 23.3 Å². The molecule has 1 saturated heterocycles. The molecule has 0 aliphatic carbocycles. The van der Waals surface area contributed by atoms with Gasteiger partial charge in [0.1, 0.15) is 5.82 Å². The molecule has 0 amide bonds. The minimum absolute atomic E-state index is 0.0139. The van der Waals surface area contributed by atoms with Crippen LogP contribution in [0.1, 0.15) is 27.6 Å². The van der Waals surface area contributed by atoms with Crippen LogP contribution in [0.3, 0.4) is 0 Å². The smallest absolute Gasteiger partial charge is 0.335 e. The Balaban J connectivity index is 1.71. The van der Waals surface area contributed by atoms with E-state index in [4.69, 9.17) is 33.0 Å². The summed E-state index contributed by atoms with van der Waals surface area (Å²) in [5.74, 6) is -1.47. The van der Waals surface area contributed by atoms with Gasteiger partial charge in [-0.05, 0) is 29.8 Å². The molecule has 1 atom stereocenters. The van der Waals surface area contributed by atoms with E-state index in [0.717, 1.165) is 12.1 Å². The van der Waals surface area contributed by atoms with E-state index in [0.29, 0.717) is 30.3 Å². The van der Waals surface area contributed by atoms with Crippen molar-refractivity contribution in [3.8, 4) is 0 Å². The van der Waals surface area contributed by atoms with E-state index in [-0.39, 0.29) is 16.7 Å². The second-order valence-corrected chi connectivity index (χ2v) is 6.70. The second-order valence-electron chi connectivity index (χ2n) is 5.88. The van der Waals surface area contributed by atoms with E-state index >= 15 is 0 Å². The molecular formula is C18H16Cl2FNO3. The zero-order valence-electron chi connectivity index (χ0n) is 13.2. The largest absolute Gasteiger partial charge is 0.478 e. The van der Waals surface area contributed by atoms with Crippen LogP contribution in [0.15, 0.2) is 36.4 Å². The second kappa shape index (κ2) is 7.70. The highest BCUT2D eigenvalue weighted by Gasteiger charge is 2.25. The van der Waals surface area contributed by atoms with Crippen LogP contribution in [0.2, 0.25) is 10.0 Å². The van der Waals surface area contributed by atoms with Gasteiger partial charge >= 0.3 is 5.97 Å². The molecule has 2 aromatic rings. The zero-order chi connectivity index (χ0) is 18.0. The summed E-state index contributed by atoms with van der Waals surface area (Å²) in [5, 5.41) is 9.31. The van der Waals surface area contributed by atoms with E-state index < -0.39 is 11.8 Å². The summed E-state index contributed by atoms with van der Waals surface area (Å²) in [4.78, 5) is 13.1. The van der Waals surface area contributed by atoms with Crippen LogP contribution < -0.4 is 0 Å². The maximum absolute atomic E-state index is 13.8. The summed E-state index contributed by atoms with van der Waals surface area (Å²) in [6, 6.07) is 9.47. The van der Waals surface area contributed by atoms with Gasteiger partial charge in [-0.1, -0.05) is 35.3 Å². The molecule has 1 unspecified atom stereocenters. The van der Waals surface area contributed by atoms with Crippen molar-refractivity contribution in [1.29, 1.82) is 0 Å². The highest BCUT2D eigenvalue weighted by molar-refractivity contribution is 6.35. The number of carboxylic acids is 1. The minimum Gasteiger partial charge on any atom is -0.478 e. The molecule has 132 valence electrons. The van der Waals surface area contributed by atoms with E-state index in [2.05, 4.69) is 4.90 Å². The standard InChI is InChI=1S/C18H16Cl2FNO3/c19-14-8-15(20)16(21)7-13(14)17-10-22(5-6-25-17)9-11-1-3-12(4-2-11)18(23)24/h1-4,7-8,17H,5-6,9-10H2,(H,23,24). The Kier molecular flexibility index (Phi) is 5.59. The summed E-state index contributed by atoms with van der Waals surface area (Å²) in [6.45, 7) is 2.43. The molecular weight excluding hydrogens is 368 g/mol. The Bertz CT molecular complexity index is 783. The number of rotatable bonds is 4. The fourth-order valence-corrected chi connectivity index (χ4v) is 3.33. The SMILES string of the molecule is O=C(O)c1ccc(CN2CCOC(c3cc(F)c(Cl)cc3Cl)C2)cc1. The Morgan fingerprint density at radius 1 is 1.24 bits per heavy atom. The maximum Gasteiger partial charge on any atom is 0.335 e. The van der Waals surface area contributed by atoms with Crippen LogP contribution in [0.5, 0.6) is 0 Å². The average molecular weight is 384 g/mol. The fourth-order valence-electron chi connectivity index (χ4n) is 2.83. The first-order valence-electron chi connectivity index (χ1n) is 7.74. The van der Waals surface area contributed by atoms with Crippen LogP contribution in [-0.2, 0) is 11.3 Å². The van der Waals surface area contributed by atoms with Crippen molar-refractivity contribution in [3.63, 3.8) is 0 Å². The summed E-state index contributed by atoms with van der Waals surface area (Å²) in [5.41, 5.74) is 1.83. The van der Waals surface area contributed by atoms with Crippen molar-refractivity contribution < 1.29 is 19.0 Å². The number of benzene rings is 2. The van der Waals surface area contributed by atoms with E-state index in [1.54, 1.807) is 24.3 Å². The molecule has 1 aliphatic rings. The molecule has 0 radical (unpaired) electrons. The van der Waals surface area contributed by atoms with Gasteiger partial charge in [0, 0.05) is 30.2 Å². The quantitative estimate of drug-likeness (QED) is 0.794. The monoisotopic (exact) mass is 383 g/mol. The number of carbonyl (C=O) groups is 1. The van der Waals surface area contributed by atoms with Gasteiger partial charge in [0.15, 0.2) is 0 Å². The molecule has 0 aromatic heterocycles. The van der Waals surface area contributed by atoms with Gasteiger partial charge < -0.3 is 9.84 Å². The lowest BCUT2D eigenvalue weighted by atomic mass is 10.1. The lowest BCUT2D eigenvalue weighted by molar-refractivity contribution is -0.0330. The first-order chi connectivity index (χ1) is 11.9. The zero-order valence-corrected chi connectivity index (χ0v) is 14.7. The summed E-state index contributed by atoms with van der Waals surface area (Å²) in [6.07, 6.45) is -0.341. The number of hydrogen-bond acceptors (Lipinski definition) is 3. The molecule has 1 heterocycles. The third-order valence-electron chi connectivity index (χ3n) is 4.14. The normalized spacial score (nSPS) is 18.3. The molecule has 2 aromatic carbocycles. The molecule has 4 nitrogen and oxygen atoms in total. The molecule has 7 heteroatoms. The molecule has 1 aliphatic heterocycles. The van der Waals surface area contributed by atoms with Gasteiger partial charge in [-0.25, -0.2) is 9.18 Å². The molecule has 25 heavy (non-hydrogen) atoms. The van der Waals surface area contributed by atoms with Crippen LogP contribution in [0, 0.1) is 5.82 Å². The van der Waals surface area contributed by atoms with Gasteiger partial charge in [0.25, 0.3) is 0 Å². The van der Waals surface area contributed by atoms with Crippen LogP contribution >= 0.6 is 23.2 Å². The number of ether oxygens (including phenoxy) is 1. The lowest BCUT2D eigenvalue weighted by Gasteiger charge is -2.33. The lowest BCUT2D eigenvalue weighted by Crippen LogP contribution is -2.37. The van der Waals surface area contributed by atoms with Crippen molar-refractivity contribution >= 4 is 29.2 Å². The third-order valence-corrected chi connectivity index (χ3v) is 4.76. The molecule has 1 N–H and O–H groups in total. The van der Waals surface area contributed by atoms with Crippen molar-refractivity contribution in [2.75, 3.05) is 19.7 Å². The topological polar surface area (TPSA) is 49.8 Å². The van der Waals surface area contributed by atoms with Crippen molar-refractivity contribution in [2.45, 2.75) is 12.6 Å². The third kappa shape index (κ3) is 4.30. The van der Waals surface area contributed by atoms with Crippen LogP contribution in [-0.4, -0.2) is 35.7 Å². The molecule has 0 saturated carbocycles. The molecule has 3 rings (SSSR count). The summed E-state index contributed by atoms with van der Waals surface area (Å²) >= 11 is 11.9. The first-order valence-corrected chi connectivity index (χ1v) is 8.50. The summed E-state index contributed by atoms with van der Waals surface area (Å²) in [7, 11) is 0. The van der Waals surface area contributed by atoms with Gasteiger partial charge in [-0.3, -0.25) is 4.90 Å². The number of aromatic carboxylic acids is 1. The van der Waals surface area contributed by atoms with Gasteiger partial charge in [-0.2, -0.15) is 0 Å². The predicted octanol–water partition coefficient (Wildman–Crippen LogP) is 4.40. The predicted molar refractivity (Wildman–Crippen MR) is 93.8 cm³/mol. The van der Waals surface area contributed by atoms with Crippen LogP contribution in [0.25, 0.3) is 0 Å². The van der Waals surface area contributed by atoms with Gasteiger partial charge in [0.2, 0.25) is 0 Å². The average Bonchev–Trinajstić information content (AvgIpc) is 2.59. The molecule has 1 fully saturated rings. The van der Waals surface area contributed by atoms with E-state index in [1.165, 1.54) is 12.1 Å². The molecule has 0 bridgehead atoms. The Labute approximate surface area is 154 Å². The van der Waals surface area contributed by atoms with Gasteiger partial charge in [-0.15, -0.1) is 0 Å². The highest BCUT2D eigenvalue weighted by Crippen LogP contribution is 2.32. The number of morpholine rings is 1. The number of hydrogen-bond donors (Lipinski definition) is 1. The van der Waals surface area contributed by atoms with Crippen molar-refractivity contribution in [3.05, 3.63) is 69.0 Å². The van der Waals surface area contributed by atoms with Crippen molar-refractivity contribution in [1.82, 2.24) is 4.90 Å². The van der Waals surface area contributed by atoms with Crippen molar-refractivity contribution in [2.24, 2.45) is 0 Å².